The summed E-state index contributed by atoms with van der Waals surface area (Å²) >= 11 is 9.24. The van der Waals surface area contributed by atoms with E-state index in [-0.39, 0.29) is 27.5 Å². The van der Waals surface area contributed by atoms with E-state index in [0.717, 1.165) is 6.42 Å². The summed E-state index contributed by atoms with van der Waals surface area (Å²) in [7, 11) is -2.33. The summed E-state index contributed by atoms with van der Waals surface area (Å²) in [5.41, 5.74) is 0.104. The van der Waals surface area contributed by atoms with E-state index in [1.54, 1.807) is 12.0 Å². The molecule has 0 saturated carbocycles. The monoisotopic (exact) mass is 396 g/mol. The maximum absolute atomic E-state index is 12.5. The van der Waals surface area contributed by atoms with Gasteiger partial charge in [-0.05, 0) is 34.5 Å². The minimum atomic E-state index is -3.92. The molecule has 2 N–H and O–H groups in total. The zero-order valence-corrected chi connectivity index (χ0v) is 14.3. The number of amides is 1. The average Bonchev–Trinajstić information content (AvgIpc) is 2.88. The van der Waals surface area contributed by atoms with Crippen molar-refractivity contribution in [1.29, 1.82) is 0 Å². The quantitative estimate of drug-likeness (QED) is 0.839. The van der Waals surface area contributed by atoms with Crippen molar-refractivity contribution in [3.05, 3.63) is 27.2 Å². The molecule has 2 rings (SSSR count). The Hall–Kier alpha value is -0.670. The number of halogens is 2. The number of sulfonamides is 1. The first kappa shape index (κ1) is 16.7. The normalized spacial score (nSPS) is 19.0. The minimum absolute atomic E-state index is 0.0161. The molecule has 0 spiro atoms. The number of methoxy groups -OCH3 is 1. The molecule has 0 aliphatic carbocycles. The first-order valence-corrected chi connectivity index (χ1v) is 8.79. The second-order valence-corrected chi connectivity index (χ2v) is 7.50. The molecule has 1 unspecified atom stereocenters. The minimum Gasteiger partial charge on any atom is -0.380 e. The third kappa shape index (κ3) is 3.57. The molecular weight excluding hydrogens is 384 g/mol. The largest absolute Gasteiger partial charge is 0.380 e. The van der Waals surface area contributed by atoms with E-state index in [9.17, 15) is 13.2 Å². The van der Waals surface area contributed by atoms with Gasteiger partial charge in [0.2, 0.25) is 10.0 Å². The highest BCUT2D eigenvalue weighted by atomic mass is 79.9. The molecule has 1 amide bonds. The number of carbonyl (C=O) groups is 1. The van der Waals surface area contributed by atoms with Crippen molar-refractivity contribution >= 4 is 43.5 Å². The van der Waals surface area contributed by atoms with Crippen LogP contribution in [0.3, 0.4) is 0 Å². The maximum atomic E-state index is 12.5. The van der Waals surface area contributed by atoms with Crippen molar-refractivity contribution in [3.8, 4) is 0 Å². The molecule has 0 bridgehead atoms. The van der Waals surface area contributed by atoms with E-state index in [0.29, 0.717) is 17.6 Å². The zero-order chi connectivity index (χ0) is 15.8. The van der Waals surface area contributed by atoms with E-state index < -0.39 is 10.0 Å². The fourth-order valence-electron chi connectivity index (χ4n) is 2.16. The van der Waals surface area contributed by atoms with Gasteiger partial charge in [0.05, 0.1) is 21.6 Å². The van der Waals surface area contributed by atoms with Crippen molar-refractivity contribution < 1.29 is 17.9 Å². The summed E-state index contributed by atoms with van der Waals surface area (Å²) in [5, 5.41) is 5.27. The van der Waals surface area contributed by atoms with E-state index >= 15 is 0 Å². The van der Waals surface area contributed by atoms with Crippen LogP contribution in [0.2, 0.25) is 5.02 Å². The highest BCUT2D eigenvalue weighted by Gasteiger charge is 2.29. The Bertz CT molecular complexity index is 680. The van der Waals surface area contributed by atoms with Crippen LogP contribution in [0.5, 0.6) is 0 Å². The predicted molar refractivity (Wildman–Crippen MR) is 81.8 cm³/mol. The summed E-state index contributed by atoms with van der Waals surface area (Å²) in [4.78, 5) is 13.9. The van der Waals surface area contributed by atoms with Gasteiger partial charge in [-0.2, -0.15) is 0 Å². The van der Waals surface area contributed by atoms with E-state index in [4.69, 9.17) is 21.5 Å². The molecule has 116 valence electrons. The summed E-state index contributed by atoms with van der Waals surface area (Å²) in [6.45, 7) is 0.980. The molecule has 1 aliphatic heterocycles. The van der Waals surface area contributed by atoms with Gasteiger partial charge in [-0.15, -0.1) is 0 Å². The molecule has 1 atom stereocenters. The number of primary sulfonamides is 1. The number of rotatable bonds is 3. The molecule has 6 nitrogen and oxygen atoms in total. The fourth-order valence-corrected chi connectivity index (χ4v) is 3.53. The number of nitrogens with two attached hydrogens (primary N) is 1. The average molecular weight is 398 g/mol. The van der Waals surface area contributed by atoms with Gasteiger partial charge in [-0.3, -0.25) is 4.79 Å². The Morgan fingerprint density at radius 3 is 2.71 bits per heavy atom. The lowest BCUT2D eigenvalue weighted by atomic mass is 10.2. The van der Waals surface area contributed by atoms with E-state index in [2.05, 4.69) is 15.9 Å². The summed E-state index contributed by atoms with van der Waals surface area (Å²) < 4.78 is 28.4. The zero-order valence-electron chi connectivity index (χ0n) is 11.2. The fraction of sp³-hybridized carbons (Fsp3) is 0.417. The molecule has 1 aromatic rings. The van der Waals surface area contributed by atoms with Crippen LogP contribution in [-0.2, 0) is 14.8 Å². The van der Waals surface area contributed by atoms with Crippen molar-refractivity contribution in [2.75, 3.05) is 20.2 Å². The van der Waals surface area contributed by atoms with Gasteiger partial charge in [0.1, 0.15) is 0 Å². The summed E-state index contributed by atoms with van der Waals surface area (Å²) in [6, 6.07) is 2.47. The highest BCUT2D eigenvalue weighted by molar-refractivity contribution is 9.10. The molecule has 0 radical (unpaired) electrons. The van der Waals surface area contributed by atoms with Crippen molar-refractivity contribution in [1.82, 2.24) is 4.90 Å². The Labute approximate surface area is 136 Å². The lowest BCUT2D eigenvalue weighted by Crippen LogP contribution is -2.30. The van der Waals surface area contributed by atoms with Crippen LogP contribution in [-0.4, -0.2) is 45.5 Å². The van der Waals surface area contributed by atoms with E-state index in [1.807, 2.05) is 0 Å². The van der Waals surface area contributed by atoms with E-state index in [1.165, 1.54) is 12.1 Å². The first-order chi connectivity index (χ1) is 9.74. The molecule has 1 heterocycles. The van der Waals surface area contributed by atoms with Gasteiger partial charge < -0.3 is 9.64 Å². The number of hydrogen-bond donors (Lipinski definition) is 1. The van der Waals surface area contributed by atoms with Gasteiger partial charge in [0.15, 0.2) is 0 Å². The third-order valence-corrected chi connectivity index (χ3v) is 5.48. The smallest absolute Gasteiger partial charge is 0.255 e. The van der Waals surface area contributed by atoms with Gasteiger partial charge in [0, 0.05) is 24.7 Å². The molecule has 1 saturated heterocycles. The standard InChI is InChI=1S/C12H14BrClN2O4S/c1-20-7-2-3-16(6-7)12(17)9-4-8(21(15,18)19)5-10(13)11(9)14/h4-5,7H,2-3,6H2,1H3,(H2,15,18,19). The molecule has 1 aliphatic rings. The van der Waals surface area contributed by atoms with Gasteiger partial charge >= 0.3 is 0 Å². The predicted octanol–water partition coefficient (Wildman–Crippen LogP) is 1.61. The highest BCUT2D eigenvalue weighted by Crippen LogP contribution is 2.31. The summed E-state index contributed by atoms with van der Waals surface area (Å²) in [6.07, 6.45) is 0.716. The first-order valence-electron chi connectivity index (χ1n) is 6.08. The topological polar surface area (TPSA) is 89.7 Å². The van der Waals surface area contributed by atoms with Crippen LogP contribution in [0, 0.1) is 0 Å². The lowest BCUT2D eigenvalue weighted by molar-refractivity contribution is 0.0724. The molecule has 9 heteroatoms. The van der Waals surface area contributed by atoms with Crippen LogP contribution in [0.15, 0.2) is 21.5 Å². The Morgan fingerprint density at radius 1 is 1.52 bits per heavy atom. The van der Waals surface area contributed by atoms with Gasteiger partial charge in [0.25, 0.3) is 5.91 Å². The Balaban J connectivity index is 2.39. The Morgan fingerprint density at radius 2 is 2.19 bits per heavy atom. The second-order valence-electron chi connectivity index (χ2n) is 4.71. The summed E-state index contributed by atoms with van der Waals surface area (Å²) in [5.74, 6) is -0.342. The van der Waals surface area contributed by atoms with Crippen molar-refractivity contribution in [2.24, 2.45) is 5.14 Å². The van der Waals surface area contributed by atoms with Crippen molar-refractivity contribution in [3.63, 3.8) is 0 Å². The molecular formula is C12H14BrClN2O4S. The number of likely N-dealkylation sites (tertiary alicyclic amines) is 1. The Kier molecular flexibility index (Phi) is 4.94. The molecule has 0 aromatic heterocycles. The number of nitrogens with zero attached hydrogens (tertiary/aromatic N) is 1. The van der Waals surface area contributed by atoms with Crippen LogP contribution in [0.1, 0.15) is 16.8 Å². The number of hydrogen-bond acceptors (Lipinski definition) is 4. The maximum Gasteiger partial charge on any atom is 0.255 e. The molecule has 1 fully saturated rings. The number of benzene rings is 1. The van der Waals surface area contributed by atoms with Crippen molar-refractivity contribution in [2.45, 2.75) is 17.4 Å². The number of carbonyl (C=O) groups excluding carboxylic acids is 1. The van der Waals surface area contributed by atoms with Crippen LogP contribution >= 0.6 is 27.5 Å². The lowest BCUT2D eigenvalue weighted by Gasteiger charge is -2.18. The van der Waals surface area contributed by atoms with Gasteiger partial charge in [-0.25, -0.2) is 13.6 Å². The third-order valence-electron chi connectivity index (χ3n) is 3.33. The number of ether oxygens (including phenoxy) is 1. The van der Waals surface area contributed by atoms with Gasteiger partial charge in [-0.1, -0.05) is 11.6 Å². The SMILES string of the molecule is COC1CCN(C(=O)c2cc(S(N)(=O)=O)cc(Br)c2Cl)C1. The molecule has 1 aromatic carbocycles. The second kappa shape index (κ2) is 6.21. The molecule has 21 heavy (non-hydrogen) atoms. The van der Waals surface area contributed by atoms with Crippen LogP contribution < -0.4 is 5.14 Å². The van der Waals surface area contributed by atoms with Crippen LogP contribution in [0.4, 0.5) is 0 Å². The van der Waals surface area contributed by atoms with Crippen LogP contribution in [0.25, 0.3) is 0 Å².